The van der Waals surface area contributed by atoms with Crippen LogP contribution in [0.2, 0.25) is 0 Å². The monoisotopic (exact) mass is 341 g/mol. The summed E-state index contributed by atoms with van der Waals surface area (Å²) in [5.41, 5.74) is 1.33. The zero-order valence-electron chi connectivity index (χ0n) is 14.5. The smallest absolute Gasteiger partial charge is 0.328 e. The summed E-state index contributed by atoms with van der Waals surface area (Å²) in [6, 6.07) is 15.4. The van der Waals surface area contributed by atoms with Crippen molar-refractivity contribution in [2.24, 2.45) is 0 Å². The molecule has 4 heteroatoms. The largest absolute Gasteiger partial charge is 0.456 e. The minimum atomic E-state index is -0.687. The molecule has 2 aromatic rings. The molecule has 0 aliphatic carbocycles. The average molecular weight is 341 g/mol. The van der Waals surface area contributed by atoms with Crippen LogP contribution < -0.4 is 0 Å². The van der Waals surface area contributed by atoms with E-state index in [1.165, 1.54) is 6.07 Å². The number of hydrogen-bond acceptors (Lipinski definition) is 3. The van der Waals surface area contributed by atoms with E-state index in [0.29, 0.717) is 5.56 Å². The molecule has 1 fully saturated rings. The van der Waals surface area contributed by atoms with Gasteiger partial charge in [-0.1, -0.05) is 55.0 Å². The number of esters is 1. The first-order chi connectivity index (χ1) is 12.2. The van der Waals surface area contributed by atoms with Crippen molar-refractivity contribution >= 4 is 5.97 Å². The third-order valence-electron chi connectivity index (χ3n) is 4.74. The second-order valence-electron chi connectivity index (χ2n) is 6.51. The maximum Gasteiger partial charge on any atom is 0.328 e. The number of rotatable bonds is 5. The van der Waals surface area contributed by atoms with E-state index >= 15 is 0 Å². The van der Waals surface area contributed by atoms with Crippen LogP contribution >= 0.6 is 0 Å². The first-order valence-corrected chi connectivity index (χ1v) is 8.90. The molecular weight excluding hydrogens is 317 g/mol. The molecule has 0 N–H and O–H groups in total. The van der Waals surface area contributed by atoms with Crippen molar-refractivity contribution in [2.45, 2.75) is 38.3 Å². The van der Waals surface area contributed by atoms with Gasteiger partial charge >= 0.3 is 5.97 Å². The van der Waals surface area contributed by atoms with Crippen molar-refractivity contribution in [1.29, 1.82) is 0 Å². The fourth-order valence-electron chi connectivity index (χ4n) is 3.38. The van der Waals surface area contributed by atoms with Gasteiger partial charge in [-0.3, -0.25) is 4.90 Å². The van der Waals surface area contributed by atoms with Gasteiger partial charge in [0.25, 0.3) is 0 Å². The van der Waals surface area contributed by atoms with Gasteiger partial charge in [-0.15, -0.1) is 0 Å². The fraction of sp³-hybridized carbons (Fsp3) is 0.381. The molecule has 3 rings (SSSR count). The van der Waals surface area contributed by atoms with E-state index in [9.17, 15) is 9.18 Å². The van der Waals surface area contributed by atoms with E-state index in [-0.39, 0.29) is 17.9 Å². The van der Waals surface area contributed by atoms with Crippen LogP contribution in [0.25, 0.3) is 0 Å². The molecule has 25 heavy (non-hydrogen) atoms. The maximum atomic E-state index is 14.4. The van der Waals surface area contributed by atoms with Crippen molar-refractivity contribution in [1.82, 2.24) is 4.90 Å². The Morgan fingerprint density at radius 2 is 1.64 bits per heavy atom. The van der Waals surface area contributed by atoms with Crippen LogP contribution in [0.4, 0.5) is 4.39 Å². The Hall–Kier alpha value is -2.20. The highest BCUT2D eigenvalue weighted by atomic mass is 19.1. The molecule has 3 nitrogen and oxygen atoms in total. The zero-order chi connectivity index (χ0) is 17.6. The quantitative estimate of drug-likeness (QED) is 0.741. The molecule has 1 aliphatic heterocycles. The Balaban J connectivity index is 1.83. The minimum absolute atomic E-state index is 0.359. The molecule has 0 saturated carbocycles. The first kappa shape index (κ1) is 17.6. The van der Waals surface area contributed by atoms with Gasteiger partial charge in [-0.25, -0.2) is 9.18 Å². The van der Waals surface area contributed by atoms with Crippen molar-refractivity contribution in [2.75, 3.05) is 13.1 Å². The van der Waals surface area contributed by atoms with E-state index in [1.54, 1.807) is 18.2 Å². The standard InChI is InChI=1S/C21H24FNO2/c1-16(17-10-4-2-5-11-17)25-21(24)20(23-14-8-3-9-15-23)18-12-6-7-13-19(18)22/h2,4-7,10-13,16,20H,3,8-9,14-15H2,1H3/t16-,20+/m1/s1. The number of likely N-dealkylation sites (tertiary alicyclic amines) is 1. The number of piperidine rings is 1. The number of nitrogens with zero attached hydrogens (tertiary/aromatic N) is 1. The predicted octanol–water partition coefficient (Wildman–Crippen LogP) is 4.66. The summed E-state index contributed by atoms with van der Waals surface area (Å²) < 4.78 is 20.1. The number of carbonyl (C=O) groups excluding carboxylic acids is 1. The van der Waals surface area contributed by atoms with E-state index in [0.717, 1.165) is 37.9 Å². The van der Waals surface area contributed by atoms with E-state index in [1.807, 2.05) is 42.2 Å². The SMILES string of the molecule is C[C@@H](OC(=O)[C@H](c1ccccc1F)N1CCCCC1)c1ccccc1. The lowest BCUT2D eigenvalue weighted by Gasteiger charge is -2.34. The third kappa shape index (κ3) is 4.26. The van der Waals surface area contributed by atoms with Crippen molar-refractivity contribution in [3.8, 4) is 0 Å². The van der Waals surface area contributed by atoms with Crippen LogP contribution in [-0.4, -0.2) is 24.0 Å². The summed E-state index contributed by atoms with van der Waals surface area (Å²) in [6.07, 6.45) is 2.82. The highest BCUT2D eigenvalue weighted by Crippen LogP contribution is 2.30. The Morgan fingerprint density at radius 1 is 1.00 bits per heavy atom. The predicted molar refractivity (Wildman–Crippen MR) is 95.5 cm³/mol. The summed E-state index contributed by atoms with van der Waals surface area (Å²) in [5.74, 6) is -0.745. The Morgan fingerprint density at radius 3 is 2.32 bits per heavy atom. The highest BCUT2D eigenvalue weighted by molar-refractivity contribution is 5.78. The van der Waals surface area contributed by atoms with Crippen LogP contribution in [0.5, 0.6) is 0 Å². The summed E-state index contributed by atoms with van der Waals surface area (Å²) in [6.45, 7) is 3.42. The molecule has 1 heterocycles. The van der Waals surface area contributed by atoms with Gasteiger partial charge in [0.1, 0.15) is 18.0 Å². The van der Waals surface area contributed by atoms with Crippen LogP contribution in [-0.2, 0) is 9.53 Å². The molecule has 1 aliphatic rings. The van der Waals surface area contributed by atoms with Crippen molar-refractivity contribution < 1.29 is 13.9 Å². The Labute approximate surface area is 148 Å². The summed E-state index contributed by atoms with van der Waals surface area (Å²) >= 11 is 0. The molecule has 2 atom stereocenters. The maximum absolute atomic E-state index is 14.4. The van der Waals surface area contributed by atoms with Gasteiger partial charge in [-0.2, -0.15) is 0 Å². The third-order valence-corrected chi connectivity index (χ3v) is 4.74. The summed E-state index contributed by atoms with van der Waals surface area (Å²) in [4.78, 5) is 15.0. The van der Waals surface area contributed by atoms with E-state index in [2.05, 4.69) is 0 Å². The van der Waals surface area contributed by atoms with Crippen molar-refractivity contribution in [3.05, 3.63) is 71.5 Å². The molecule has 0 spiro atoms. The molecule has 1 saturated heterocycles. The molecule has 132 valence electrons. The lowest BCUT2D eigenvalue weighted by Crippen LogP contribution is -2.39. The highest BCUT2D eigenvalue weighted by Gasteiger charge is 2.33. The second kappa shape index (κ2) is 8.26. The first-order valence-electron chi connectivity index (χ1n) is 8.90. The van der Waals surface area contributed by atoms with Crippen LogP contribution in [0.1, 0.15) is 49.5 Å². The fourth-order valence-corrected chi connectivity index (χ4v) is 3.38. The minimum Gasteiger partial charge on any atom is -0.456 e. The normalized spacial score (nSPS) is 17.7. The number of hydrogen-bond donors (Lipinski definition) is 0. The van der Waals surface area contributed by atoms with Gasteiger partial charge in [0.2, 0.25) is 0 Å². The molecule has 0 amide bonds. The lowest BCUT2D eigenvalue weighted by molar-refractivity contribution is -0.156. The van der Waals surface area contributed by atoms with Gasteiger partial charge in [0.15, 0.2) is 0 Å². The number of halogens is 1. The van der Waals surface area contributed by atoms with Gasteiger partial charge in [-0.05, 0) is 44.5 Å². The Kier molecular flexibility index (Phi) is 5.82. The van der Waals surface area contributed by atoms with Crippen LogP contribution in [0.3, 0.4) is 0 Å². The van der Waals surface area contributed by atoms with Crippen molar-refractivity contribution in [3.63, 3.8) is 0 Å². The number of ether oxygens (including phenoxy) is 1. The number of carbonyl (C=O) groups is 1. The molecule has 0 radical (unpaired) electrons. The topological polar surface area (TPSA) is 29.5 Å². The molecular formula is C21H24FNO2. The zero-order valence-corrected chi connectivity index (χ0v) is 14.5. The average Bonchev–Trinajstić information content (AvgIpc) is 2.65. The summed E-state index contributed by atoms with van der Waals surface area (Å²) in [5, 5.41) is 0. The molecule has 2 aromatic carbocycles. The summed E-state index contributed by atoms with van der Waals surface area (Å²) in [7, 11) is 0. The van der Waals surface area contributed by atoms with Gasteiger partial charge in [0, 0.05) is 5.56 Å². The Bertz CT molecular complexity index is 698. The molecule has 0 bridgehead atoms. The van der Waals surface area contributed by atoms with E-state index in [4.69, 9.17) is 4.74 Å². The second-order valence-corrected chi connectivity index (χ2v) is 6.51. The lowest BCUT2D eigenvalue weighted by atomic mass is 10.0. The van der Waals surface area contributed by atoms with E-state index < -0.39 is 6.04 Å². The van der Waals surface area contributed by atoms with Crippen LogP contribution in [0.15, 0.2) is 54.6 Å². The molecule has 0 aromatic heterocycles. The number of benzene rings is 2. The van der Waals surface area contributed by atoms with Gasteiger partial charge in [0.05, 0.1) is 0 Å². The van der Waals surface area contributed by atoms with Gasteiger partial charge < -0.3 is 4.74 Å². The molecule has 0 unspecified atom stereocenters. The van der Waals surface area contributed by atoms with Crippen LogP contribution in [0, 0.1) is 5.82 Å².